The van der Waals surface area contributed by atoms with Gasteiger partial charge in [-0.3, -0.25) is 4.79 Å². The van der Waals surface area contributed by atoms with E-state index < -0.39 is 18.0 Å². The highest BCUT2D eigenvalue weighted by Crippen LogP contribution is 2.30. The normalized spacial score (nSPS) is 11.8. The van der Waals surface area contributed by atoms with Crippen molar-refractivity contribution in [3.05, 3.63) is 83.4 Å². The van der Waals surface area contributed by atoms with E-state index >= 15 is 0 Å². The third kappa shape index (κ3) is 5.71. The van der Waals surface area contributed by atoms with Gasteiger partial charge >= 0.3 is 12.1 Å². The second-order valence-electron chi connectivity index (χ2n) is 9.72. The van der Waals surface area contributed by atoms with Crippen molar-refractivity contribution in [2.75, 3.05) is 26.9 Å². The first-order valence-corrected chi connectivity index (χ1v) is 13.7. The van der Waals surface area contributed by atoms with Crippen LogP contribution in [0.25, 0.3) is 22.1 Å². The van der Waals surface area contributed by atoms with Crippen LogP contribution in [0.3, 0.4) is 0 Å². The highest BCUT2D eigenvalue weighted by atomic mass is 16.5. The molecule has 12 heteroatoms. The molecular formula is C31H31N5O7. The van der Waals surface area contributed by atoms with Gasteiger partial charge in [0.25, 0.3) is 5.91 Å². The van der Waals surface area contributed by atoms with Crippen LogP contribution >= 0.6 is 0 Å². The molecular weight excluding hydrogens is 554 g/mol. The quantitative estimate of drug-likeness (QED) is 0.190. The molecule has 0 aliphatic carbocycles. The van der Waals surface area contributed by atoms with Gasteiger partial charge in [0.05, 0.1) is 48.2 Å². The Hall–Kier alpha value is -5.39. The summed E-state index contributed by atoms with van der Waals surface area (Å²) in [5.74, 6) is 0.208. The highest BCUT2D eigenvalue weighted by Gasteiger charge is 2.26. The second kappa shape index (κ2) is 12.2. The molecule has 0 aliphatic rings. The number of carbonyl (C=O) groups excluding carboxylic acids is 3. The summed E-state index contributed by atoms with van der Waals surface area (Å²) in [7, 11) is 3.12. The molecule has 1 unspecified atom stereocenters. The lowest BCUT2D eigenvalue weighted by molar-refractivity contribution is 0.0521. The largest absolute Gasteiger partial charge is 0.508 e. The molecule has 1 atom stereocenters. The fourth-order valence-corrected chi connectivity index (χ4v) is 4.91. The topological polar surface area (TPSA) is 147 Å². The number of rotatable bonds is 9. The molecule has 5 rings (SSSR count). The van der Waals surface area contributed by atoms with E-state index in [0.29, 0.717) is 50.6 Å². The zero-order valence-electron chi connectivity index (χ0n) is 24.2. The van der Waals surface area contributed by atoms with Crippen LogP contribution in [-0.4, -0.2) is 69.0 Å². The molecule has 0 saturated heterocycles. The monoisotopic (exact) mass is 585 g/mol. The molecule has 5 aromatic rings. The summed E-state index contributed by atoms with van der Waals surface area (Å²) in [5.41, 5.74) is 3.07. The maximum Gasteiger partial charge on any atom is 0.419 e. The second-order valence-corrected chi connectivity index (χ2v) is 9.72. The number of imidazole rings is 2. The maximum atomic E-state index is 13.0. The van der Waals surface area contributed by atoms with Crippen molar-refractivity contribution in [2.45, 2.75) is 19.8 Å². The minimum atomic E-state index is -0.610. The minimum Gasteiger partial charge on any atom is -0.508 e. The van der Waals surface area contributed by atoms with Crippen molar-refractivity contribution >= 4 is 40.0 Å². The number of hydrogen-bond acceptors (Lipinski definition) is 9. The fraction of sp³-hybridized carbons (Fsp3) is 0.258. The first-order chi connectivity index (χ1) is 20.7. The molecule has 3 aromatic carbocycles. The molecule has 0 aliphatic heterocycles. The average molecular weight is 586 g/mol. The summed E-state index contributed by atoms with van der Waals surface area (Å²) >= 11 is 0. The Kier molecular flexibility index (Phi) is 8.28. The molecule has 0 bridgehead atoms. The average Bonchev–Trinajstić information content (AvgIpc) is 3.55. The molecule has 0 radical (unpaired) electrons. The van der Waals surface area contributed by atoms with E-state index in [4.69, 9.17) is 19.2 Å². The van der Waals surface area contributed by atoms with Crippen molar-refractivity contribution in [1.82, 2.24) is 24.4 Å². The number of ether oxygens (including phenoxy) is 3. The predicted molar refractivity (Wildman–Crippen MR) is 158 cm³/mol. The molecule has 0 saturated carbocycles. The van der Waals surface area contributed by atoms with Gasteiger partial charge in [0.1, 0.15) is 35.3 Å². The Labute approximate surface area is 246 Å². The molecule has 2 heterocycles. The van der Waals surface area contributed by atoms with E-state index in [1.54, 1.807) is 55.5 Å². The lowest BCUT2D eigenvalue weighted by atomic mass is 10.1. The SMILES string of the molecule is CCOC(=O)c1ccccc1OCCNC(=O)c1ccc2nc(C(C)c3nc4cc(O)ccc4n3C(=O)OC)n(C)c2c1. The number of aryl methyl sites for hydroxylation is 1. The summed E-state index contributed by atoms with van der Waals surface area (Å²) in [5, 5.41) is 12.8. The van der Waals surface area contributed by atoms with E-state index in [1.165, 1.54) is 23.8 Å². The van der Waals surface area contributed by atoms with Crippen molar-refractivity contribution in [1.29, 1.82) is 0 Å². The van der Waals surface area contributed by atoms with E-state index in [-0.39, 0.29) is 31.4 Å². The number of methoxy groups -OCH3 is 1. The van der Waals surface area contributed by atoms with Crippen molar-refractivity contribution in [3.8, 4) is 11.5 Å². The first-order valence-electron chi connectivity index (χ1n) is 13.7. The molecule has 0 spiro atoms. The third-order valence-electron chi connectivity index (χ3n) is 7.00. The lowest BCUT2D eigenvalue weighted by Gasteiger charge is -2.13. The number of aromatic nitrogens is 4. The predicted octanol–water partition coefficient (Wildman–Crippen LogP) is 4.38. The summed E-state index contributed by atoms with van der Waals surface area (Å²) in [6.45, 7) is 4.22. The van der Waals surface area contributed by atoms with Crippen LogP contribution in [0.4, 0.5) is 4.79 Å². The van der Waals surface area contributed by atoms with Crippen LogP contribution < -0.4 is 10.1 Å². The van der Waals surface area contributed by atoms with Gasteiger partial charge < -0.3 is 29.2 Å². The van der Waals surface area contributed by atoms with Crippen LogP contribution in [0, 0.1) is 0 Å². The fourth-order valence-electron chi connectivity index (χ4n) is 4.91. The summed E-state index contributed by atoms with van der Waals surface area (Å²) in [4.78, 5) is 47.2. The number of amides is 1. The smallest absolute Gasteiger partial charge is 0.419 e. The van der Waals surface area contributed by atoms with E-state index in [1.807, 2.05) is 18.5 Å². The van der Waals surface area contributed by atoms with Gasteiger partial charge in [-0.05, 0) is 56.3 Å². The molecule has 43 heavy (non-hydrogen) atoms. The van der Waals surface area contributed by atoms with Gasteiger partial charge in [-0.15, -0.1) is 0 Å². The van der Waals surface area contributed by atoms with E-state index in [9.17, 15) is 19.5 Å². The molecule has 0 fully saturated rings. The van der Waals surface area contributed by atoms with Crippen LogP contribution in [0.5, 0.6) is 11.5 Å². The number of fused-ring (bicyclic) bond motifs is 2. The minimum absolute atomic E-state index is 0.0304. The Morgan fingerprint density at radius 1 is 0.977 bits per heavy atom. The molecule has 2 N–H and O–H groups in total. The van der Waals surface area contributed by atoms with E-state index in [0.717, 1.165) is 0 Å². The lowest BCUT2D eigenvalue weighted by Crippen LogP contribution is -2.28. The zero-order valence-corrected chi connectivity index (χ0v) is 24.2. The zero-order chi connectivity index (χ0) is 30.7. The van der Waals surface area contributed by atoms with Gasteiger partial charge in [0, 0.05) is 18.7 Å². The number of benzene rings is 3. The van der Waals surface area contributed by atoms with Crippen molar-refractivity contribution in [3.63, 3.8) is 0 Å². The Morgan fingerprint density at radius 2 is 1.74 bits per heavy atom. The number of nitrogens with one attached hydrogen (secondary N) is 1. The first kappa shape index (κ1) is 29.1. The van der Waals surface area contributed by atoms with Crippen LogP contribution in [0.2, 0.25) is 0 Å². The Bertz CT molecular complexity index is 1840. The van der Waals surface area contributed by atoms with Gasteiger partial charge in [-0.25, -0.2) is 24.1 Å². The third-order valence-corrected chi connectivity index (χ3v) is 7.00. The highest BCUT2D eigenvalue weighted by molar-refractivity contribution is 5.97. The number of phenolic OH excluding ortho intramolecular Hbond substituents is 1. The summed E-state index contributed by atoms with van der Waals surface area (Å²) < 4.78 is 19.0. The van der Waals surface area contributed by atoms with Crippen LogP contribution in [0.15, 0.2) is 60.7 Å². The number of aromatic hydroxyl groups is 1. The number of hydrogen-bond donors (Lipinski definition) is 2. The van der Waals surface area contributed by atoms with Gasteiger partial charge in [0.2, 0.25) is 0 Å². The molecule has 12 nitrogen and oxygen atoms in total. The van der Waals surface area contributed by atoms with Gasteiger partial charge in [-0.2, -0.15) is 0 Å². The maximum absolute atomic E-state index is 13.0. The van der Waals surface area contributed by atoms with Crippen LogP contribution in [0.1, 0.15) is 52.1 Å². The number of phenols is 1. The summed E-state index contributed by atoms with van der Waals surface area (Å²) in [6.07, 6.45) is -0.610. The van der Waals surface area contributed by atoms with E-state index in [2.05, 4.69) is 10.3 Å². The molecule has 222 valence electrons. The Balaban J connectivity index is 1.32. The summed E-state index contributed by atoms with van der Waals surface area (Å²) in [6, 6.07) is 16.5. The number of nitrogens with zero attached hydrogens (tertiary/aromatic N) is 4. The van der Waals surface area contributed by atoms with Gasteiger partial charge in [0.15, 0.2) is 0 Å². The number of esters is 1. The van der Waals surface area contributed by atoms with Gasteiger partial charge in [-0.1, -0.05) is 12.1 Å². The number of para-hydroxylation sites is 1. The van der Waals surface area contributed by atoms with Crippen molar-refractivity contribution < 1.29 is 33.7 Å². The van der Waals surface area contributed by atoms with Crippen LogP contribution in [-0.2, 0) is 16.5 Å². The van der Waals surface area contributed by atoms with Crippen molar-refractivity contribution in [2.24, 2.45) is 7.05 Å². The number of carbonyl (C=O) groups is 3. The molecule has 2 aromatic heterocycles. The molecule has 1 amide bonds. The standard InChI is InChI=1S/C31H31N5O7/c1-5-42-30(39)21-8-6-7-9-26(21)43-15-14-32-29(38)19-10-12-22-25(16-19)35(3)27(33-22)18(2)28-34-23-17-20(37)11-13-24(23)36(28)31(40)41-4/h6-13,16-18,37H,5,14-15H2,1-4H3,(H,32,38). The Morgan fingerprint density at radius 3 is 2.51 bits per heavy atom.